The van der Waals surface area contributed by atoms with Crippen LogP contribution in [0.5, 0.6) is 0 Å². The van der Waals surface area contributed by atoms with Gasteiger partial charge in [0.2, 0.25) is 5.91 Å². The molecule has 4 nitrogen and oxygen atoms in total. The molecule has 1 aromatic heterocycles. The zero-order valence-electron chi connectivity index (χ0n) is 12.7. The van der Waals surface area contributed by atoms with Crippen LogP contribution < -0.4 is 10.6 Å². The number of pyridine rings is 1. The second-order valence-corrected chi connectivity index (χ2v) is 5.31. The van der Waals surface area contributed by atoms with E-state index in [4.69, 9.17) is 0 Å². The molecule has 0 aliphatic carbocycles. The van der Waals surface area contributed by atoms with Crippen LogP contribution >= 0.6 is 24.8 Å². The predicted octanol–water partition coefficient (Wildman–Crippen LogP) is 2.30. The molecule has 0 saturated carbocycles. The first-order valence-electron chi connectivity index (χ1n) is 7.30. The van der Waals surface area contributed by atoms with E-state index in [1.165, 1.54) is 11.1 Å². The van der Waals surface area contributed by atoms with E-state index in [0.717, 1.165) is 24.9 Å². The van der Waals surface area contributed by atoms with Gasteiger partial charge in [-0.05, 0) is 35.6 Å². The number of amides is 1. The van der Waals surface area contributed by atoms with Crippen LogP contribution in [-0.4, -0.2) is 23.5 Å². The molecule has 2 N–H and O–H groups in total. The van der Waals surface area contributed by atoms with Crippen molar-refractivity contribution in [3.05, 3.63) is 65.5 Å². The number of fused-ring (bicyclic) bond motifs is 1. The van der Waals surface area contributed by atoms with Crippen molar-refractivity contribution >= 4 is 30.7 Å². The summed E-state index contributed by atoms with van der Waals surface area (Å²) in [5.74, 6) is 0.0772. The van der Waals surface area contributed by atoms with Gasteiger partial charge >= 0.3 is 0 Å². The Morgan fingerprint density at radius 2 is 1.96 bits per heavy atom. The summed E-state index contributed by atoms with van der Waals surface area (Å²) >= 11 is 0. The molecule has 3 rings (SSSR count). The van der Waals surface area contributed by atoms with Gasteiger partial charge in [-0.3, -0.25) is 9.78 Å². The summed E-state index contributed by atoms with van der Waals surface area (Å²) in [6.45, 7) is 1.40. The summed E-state index contributed by atoms with van der Waals surface area (Å²) in [4.78, 5) is 16.3. The predicted molar refractivity (Wildman–Crippen MR) is 96.2 cm³/mol. The number of benzene rings is 1. The van der Waals surface area contributed by atoms with Crippen molar-refractivity contribution in [3.63, 3.8) is 0 Å². The molecule has 1 atom stereocenters. The van der Waals surface area contributed by atoms with Crippen LogP contribution in [0.3, 0.4) is 0 Å². The average molecular weight is 354 g/mol. The summed E-state index contributed by atoms with van der Waals surface area (Å²) in [5.41, 5.74) is 3.69. The fraction of sp³-hybridized carbons (Fsp3) is 0.294. The van der Waals surface area contributed by atoms with Gasteiger partial charge in [0, 0.05) is 25.5 Å². The molecule has 0 radical (unpaired) electrons. The Bertz CT molecular complexity index is 622. The van der Waals surface area contributed by atoms with Crippen LogP contribution in [0.15, 0.2) is 48.8 Å². The van der Waals surface area contributed by atoms with Gasteiger partial charge in [-0.15, -0.1) is 24.8 Å². The minimum absolute atomic E-state index is 0. The third-order valence-electron chi connectivity index (χ3n) is 3.83. The van der Waals surface area contributed by atoms with E-state index in [0.29, 0.717) is 6.54 Å². The monoisotopic (exact) mass is 353 g/mol. The molecule has 1 aromatic carbocycles. The van der Waals surface area contributed by atoms with Crippen LogP contribution in [0.25, 0.3) is 0 Å². The third kappa shape index (κ3) is 5.20. The number of nitrogens with zero attached hydrogens (tertiary/aromatic N) is 1. The van der Waals surface area contributed by atoms with E-state index in [1.54, 1.807) is 6.20 Å². The maximum atomic E-state index is 12.2. The number of hydrogen-bond donors (Lipinski definition) is 2. The highest BCUT2D eigenvalue weighted by molar-refractivity contribution is 5.85. The lowest BCUT2D eigenvalue weighted by atomic mass is 9.95. The van der Waals surface area contributed by atoms with E-state index in [1.807, 2.05) is 30.5 Å². The smallest absolute Gasteiger partial charge is 0.237 e. The number of rotatable bonds is 4. The van der Waals surface area contributed by atoms with Crippen LogP contribution in [0.1, 0.15) is 16.7 Å². The van der Waals surface area contributed by atoms with Crippen molar-refractivity contribution in [2.45, 2.75) is 25.4 Å². The lowest BCUT2D eigenvalue weighted by Crippen LogP contribution is -2.48. The molecule has 1 amide bonds. The molecular weight excluding hydrogens is 333 g/mol. The first-order chi connectivity index (χ1) is 10.3. The molecule has 6 heteroatoms. The van der Waals surface area contributed by atoms with E-state index in [2.05, 4.69) is 27.8 Å². The van der Waals surface area contributed by atoms with Gasteiger partial charge in [0.15, 0.2) is 0 Å². The standard InChI is InChI=1S/C17H19N3O.2ClH/c21-17(19-9-7-13-4-3-8-18-11-13)16-10-14-5-1-2-6-15(14)12-20-16;;/h1-6,8,11,16,20H,7,9-10,12H2,(H,19,21);2*1H. The molecule has 1 unspecified atom stereocenters. The minimum Gasteiger partial charge on any atom is -0.354 e. The SMILES string of the molecule is Cl.Cl.O=C(NCCc1cccnc1)C1Cc2ccccc2CN1. The van der Waals surface area contributed by atoms with Crippen LogP contribution in [0.4, 0.5) is 0 Å². The van der Waals surface area contributed by atoms with E-state index >= 15 is 0 Å². The first-order valence-corrected chi connectivity index (χ1v) is 7.30. The highest BCUT2D eigenvalue weighted by Gasteiger charge is 2.23. The van der Waals surface area contributed by atoms with Crippen molar-refractivity contribution in [1.82, 2.24) is 15.6 Å². The summed E-state index contributed by atoms with van der Waals surface area (Å²) < 4.78 is 0. The van der Waals surface area contributed by atoms with E-state index < -0.39 is 0 Å². The average Bonchev–Trinajstić information content (AvgIpc) is 2.55. The maximum absolute atomic E-state index is 12.2. The summed E-state index contributed by atoms with van der Waals surface area (Å²) in [5, 5.41) is 6.30. The molecule has 2 heterocycles. The van der Waals surface area contributed by atoms with Crippen molar-refractivity contribution in [3.8, 4) is 0 Å². The molecule has 2 aromatic rings. The Hall–Kier alpha value is -1.62. The number of halogens is 2. The topological polar surface area (TPSA) is 54.0 Å². The Balaban J connectivity index is 0.00000132. The number of aromatic nitrogens is 1. The largest absolute Gasteiger partial charge is 0.354 e. The van der Waals surface area contributed by atoms with Crippen molar-refractivity contribution in [1.29, 1.82) is 0 Å². The van der Waals surface area contributed by atoms with Crippen molar-refractivity contribution < 1.29 is 4.79 Å². The quantitative estimate of drug-likeness (QED) is 0.886. The van der Waals surface area contributed by atoms with Crippen LogP contribution in [0.2, 0.25) is 0 Å². The second kappa shape index (κ2) is 9.50. The number of carbonyl (C=O) groups is 1. The van der Waals surface area contributed by atoms with Gasteiger partial charge in [0.05, 0.1) is 6.04 Å². The van der Waals surface area contributed by atoms with E-state index in [-0.39, 0.29) is 36.8 Å². The molecule has 0 bridgehead atoms. The van der Waals surface area contributed by atoms with Gasteiger partial charge in [-0.25, -0.2) is 0 Å². The first kappa shape index (κ1) is 19.4. The Morgan fingerprint density at radius 3 is 2.70 bits per heavy atom. The highest BCUT2D eigenvalue weighted by atomic mass is 35.5. The zero-order valence-corrected chi connectivity index (χ0v) is 14.3. The fourth-order valence-corrected chi connectivity index (χ4v) is 2.64. The fourth-order valence-electron chi connectivity index (χ4n) is 2.64. The molecule has 0 spiro atoms. The molecule has 0 fully saturated rings. The normalized spacial score (nSPS) is 15.6. The van der Waals surface area contributed by atoms with E-state index in [9.17, 15) is 4.79 Å². The maximum Gasteiger partial charge on any atom is 0.237 e. The molecule has 1 aliphatic heterocycles. The summed E-state index contributed by atoms with van der Waals surface area (Å²) in [6, 6.07) is 12.1. The van der Waals surface area contributed by atoms with Gasteiger partial charge < -0.3 is 10.6 Å². The summed E-state index contributed by atoms with van der Waals surface area (Å²) in [6.07, 6.45) is 5.16. The minimum atomic E-state index is -0.131. The zero-order chi connectivity index (χ0) is 14.5. The molecule has 0 saturated heterocycles. The molecule has 23 heavy (non-hydrogen) atoms. The Morgan fingerprint density at radius 1 is 1.17 bits per heavy atom. The number of hydrogen-bond acceptors (Lipinski definition) is 3. The third-order valence-corrected chi connectivity index (χ3v) is 3.83. The van der Waals surface area contributed by atoms with Gasteiger partial charge in [0.25, 0.3) is 0 Å². The summed E-state index contributed by atoms with van der Waals surface area (Å²) in [7, 11) is 0. The van der Waals surface area contributed by atoms with Crippen LogP contribution in [-0.2, 0) is 24.2 Å². The van der Waals surface area contributed by atoms with Crippen molar-refractivity contribution in [2.24, 2.45) is 0 Å². The van der Waals surface area contributed by atoms with Crippen LogP contribution in [0, 0.1) is 0 Å². The second-order valence-electron chi connectivity index (χ2n) is 5.31. The molecular formula is C17H21Cl2N3O. The van der Waals surface area contributed by atoms with Gasteiger partial charge in [-0.1, -0.05) is 30.3 Å². The Kier molecular flexibility index (Phi) is 8.03. The lowest BCUT2D eigenvalue weighted by Gasteiger charge is -2.25. The highest BCUT2D eigenvalue weighted by Crippen LogP contribution is 2.16. The van der Waals surface area contributed by atoms with Gasteiger partial charge in [-0.2, -0.15) is 0 Å². The molecule has 124 valence electrons. The lowest BCUT2D eigenvalue weighted by molar-refractivity contribution is -0.123. The Labute approximate surface area is 148 Å². The number of carbonyl (C=O) groups excluding carboxylic acids is 1. The van der Waals surface area contributed by atoms with Crippen molar-refractivity contribution in [2.75, 3.05) is 6.54 Å². The molecule has 1 aliphatic rings. The number of nitrogens with one attached hydrogen (secondary N) is 2. The van der Waals surface area contributed by atoms with Gasteiger partial charge in [0.1, 0.15) is 0 Å².